The fourth-order valence-corrected chi connectivity index (χ4v) is 5.99. The van der Waals surface area contributed by atoms with Gasteiger partial charge >= 0.3 is 19.8 Å². The van der Waals surface area contributed by atoms with Crippen LogP contribution >= 0.6 is 7.82 Å². The zero-order valence-corrected chi connectivity index (χ0v) is 32.7. The van der Waals surface area contributed by atoms with E-state index in [1.165, 1.54) is 89.9 Å². The molecule has 0 bridgehead atoms. The molecule has 0 fully saturated rings. The highest BCUT2D eigenvalue weighted by molar-refractivity contribution is 7.47. The van der Waals surface area contributed by atoms with Gasteiger partial charge in [-0.05, 0) is 64.2 Å². The van der Waals surface area contributed by atoms with E-state index in [2.05, 4.69) is 42.7 Å². The van der Waals surface area contributed by atoms with Crippen LogP contribution in [0.2, 0.25) is 0 Å². The van der Waals surface area contributed by atoms with Gasteiger partial charge in [-0.1, -0.05) is 141 Å². The number of phosphoric acid groups is 1. The van der Waals surface area contributed by atoms with Crippen LogP contribution < -0.4 is 0 Å². The number of rotatable bonds is 37. The number of hydrogen-bond donors (Lipinski definition) is 1. The Morgan fingerprint density at radius 2 is 0.918 bits per heavy atom. The minimum absolute atomic E-state index is 0.230. The first-order valence-corrected chi connectivity index (χ1v) is 21.5. The molecule has 0 aliphatic rings. The molecular formula is C40H75O8P. The van der Waals surface area contributed by atoms with Crippen molar-refractivity contribution >= 4 is 19.8 Å². The maximum atomic E-state index is 12.5. The molecule has 0 aromatic heterocycles. The Hall–Kier alpha value is -1.47. The van der Waals surface area contributed by atoms with Crippen molar-refractivity contribution in [3.63, 3.8) is 0 Å². The maximum absolute atomic E-state index is 12.5. The molecule has 1 N–H and O–H groups in total. The van der Waals surface area contributed by atoms with E-state index < -0.39 is 26.5 Å². The van der Waals surface area contributed by atoms with E-state index in [-0.39, 0.29) is 25.4 Å². The number of allylic oxidation sites excluding steroid dienone is 4. The van der Waals surface area contributed by atoms with E-state index in [9.17, 15) is 19.0 Å². The lowest BCUT2D eigenvalue weighted by molar-refractivity contribution is -0.161. The average molecular weight is 715 g/mol. The second-order valence-electron chi connectivity index (χ2n) is 13.4. The third-order valence-electron chi connectivity index (χ3n) is 8.67. The van der Waals surface area contributed by atoms with Crippen molar-refractivity contribution in [1.29, 1.82) is 0 Å². The van der Waals surface area contributed by atoms with Crippen LogP contribution in [0.25, 0.3) is 0 Å². The number of ether oxygens (including phenoxy) is 2. The smallest absolute Gasteiger partial charge is 0.462 e. The molecule has 49 heavy (non-hydrogen) atoms. The third kappa shape index (κ3) is 36.1. The van der Waals surface area contributed by atoms with E-state index in [1.54, 1.807) is 0 Å². The number of phosphoric ester groups is 1. The molecule has 0 amide bonds. The van der Waals surface area contributed by atoms with Gasteiger partial charge in [0, 0.05) is 20.0 Å². The molecule has 1 unspecified atom stereocenters. The normalized spacial score (nSPS) is 13.6. The second kappa shape index (κ2) is 36.3. The Bertz CT molecular complexity index is 859. The van der Waals surface area contributed by atoms with Crippen LogP contribution in [-0.2, 0) is 32.7 Å². The van der Waals surface area contributed by atoms with Gasteiger partial charge in [-0.25, -0.2) is 4.57 Å². The standard InChI is InChI=1S/C40H75O8P/c1-4-6-8-10-12-14-16-18-20-22-24-26-28-30-32-34-39(41)46-36-38(37-47-49(43,44)45-3)48-40(42)35-33-31-29-27-25-23-21-19-17-15-13-11-9-7-5-2/h18-21,38H,4-17,22-37H2,1-3H3,(H,43,44)/b20-18+,21-19+/t38-/m1/s1. The van der Waals surface area contributed by atoms with Crippen molar-refractivity contribution < 1.29 is 37.6 Å². The Kier molecular flexibility index (Phi) is 35.2. The van der Waals surface area contributed by atoms with Crippen LogP contribution in [0.15, 0.2) is 24.3 Å². The number of carbonyl (C=O) groups is 2. The van der Waals surface area contributed by atoms with Crippen molar-refractivity contribution in [3.8, 4) is 0 Å². The summed E-state index contributed by atoms with van der Waals surface area (Å²) in [7, 11) is -3.20. The van der Waals surface area contributed by atoms with Gasteiger partial charge in [-0.15, -0.1) is 0 Å². The quantitative estimate of drug-likeness (QED) is 0.0293. The molecule has 0 aromatic rings. The van der Waals surface area contributed by atoms with Crippen LogP contribution in [-0.4, -0.2) is 43.3 Å². The first-order valence-electron chi connectivity index (χ1n) is 20.0. The monoisotopic (exact) mass is 715 g/mol. The Balaban J connectivity index is 4.05. The fourth-order valence-electron chi connectivity index (χ4n) is 5.53. The third-order valence-corrected chi connectivity index (χ3v) is 9.60. The number of hydrogen-bond acceptors (Lipinski definition) is 7. The maximum Gasteiger partial charge on any atom is 0.472 e. The summed E-state index contributed by atoms with van der Waals surface area (Å²) >= 11 is 0. The van der Waals surface area contributed by atoms with Crippen LogP contribution in [0.3, 0.4) is 0 Å². The molecule has 0 aliphatic heterocycles. The number of esters is 2. The van der Waals surface area contributed by atoms with Crippen molar-refractivity contribution in [3.05, 3.63) is 24.3 Å². The Labute approximate surface area is 301 Å². The minimum atomic E-state index is -4.26. The van der Waals surface area contributed by atoms with Crippen LogP contribution in [0.4, 0.5) is 0 Å². The Morgan fingerprint density at radius 3 is 1.33 bits per heavy atom. The summed E-state index contributed by atoms with van der Waals surface area (Å²) in [4.78, 5) is 34.4. The summed E-state index contributed by atoms with van der Waals surface area (Å²) in [6.45, 7) is 3.86. The summed E-state index contributed by atoms with van der Waals surface area (Å²) in [5.74, 6) is -0.820. The van der Waals surface area contributed by atoms with E-state index in [4.69, 9.17) is 14.0 Å². The van der Waals surface area contributed by atoms with Gasteiger partial charge in [0.2, 0.25) is 0 Å². The molecule has 288 valence electrons. The molecule has 0 rings (SSSR count). The molecule has 0 saturated carbocycles. The number of carbonyl (C=O) groups excluding carboxylic acids is 2. The highest BCUT2D eigenvalue weighted by Gasteiger charge is 2.24. The van der Waals surface area contributed by atoms with E-state index in [1.807, 2.05) is 0 Å². The van der Waals surface area contributed by atoms with Gasteiger partial charge in [-0.2, -0.15) is 0 Å². The lowest BCUT2D eigenvalue weighted by Gasteiger charge is -2.19. The molecule has 8 nitrogen and oxygen atoms in total. The highest BCUT2D eigenvalue weighted by Crippen LogP contribution is 2.42. The predicted molar refractivity (Wildman–Crippen MR) is 203 cm³/mol. The second-order valence-corrected chi connectivity index (χ2v) is 15.0. The SMILES string of the molecule is CCCCCCCC/C=C/CCCCCCCC(=O)OC[C@H](COP(=O)(O)OC)OC(=O)CCCCCCC/C=C/CCCCCCCC. The van der Waals surface area contributed by atoms with Crippen LogP contribution in [0, 0.1) is 0 Å². The van der Waals surface area contributed by atoms with Gasteiger partial charge in [0.15, 0.2) is 6.10 Å². The molecule has 9 heteroatoms. The average Bonchev–Trinajstić information content (AvgIpc) is 3.09. The lowest BCUT2D eigenvalue weighted by Crippen LogP contribution is -2.29. The van der Waals surface area contributed by atoms with Crippen molar-refractivity contribution in [2.45, 2.75) is 200 Å². The van der Waals surface area contributed by atoms with Gasteiger partial charge in [0.25, 0.3) is 0 Å². The zero-order valence-electron chi connectivity index (χ0n) is 31.9. The fraction of sp³-hybridized carbons (Fsp3) is 0.850. The molecule has 0 spiro atoms. The minimum Gasteiger partial charge on any atom is -0.462 e. The molecule has 0 radical (unpaired) electrons. The molecular weight excluding hydrogens is 639 g/mol. The summed E-state index contributed by atoms with van der Waals surface area (Å²) in [5, 5.41) is 0. The number of unbranched alkanes of at least 4 members (excludes halogenated alkanes) is 22. The molecule has 0 heterocycles. The molecule has 0 aromatic carbocycles. The Morgan fingerprint density at radius 1 is 0.551 bits per heavy atom. The molecule has 2 atom stereocenters. The summed E-state index contributed by atoms with van der Waals surface area (Å²) in [6, 6.07) is 0. The van der Waals surface area contributed by atoms with E-state index in [0.717, 1.165) is 77.7 Å². The van der Waals surface area contributed by atoms with Crippen LogP contribution in [0.1, 0.15) is 194 Å². The van der Waals surface area contributed by atoms with Gasteiger partial charge in [0.1, 0.15) is 6.61 Å². The van der Waals surface area contributed by atoms with Crippen LogP contribution in [0.5, 0.6) is 0 Å². The molecule has 0 aliphatic carbocycles. The highest BCUT2D eigenvalue weighted by atomic mass is 31.2. The molecule has 0 saturated heterocycles. The summed E-state index contributed by atoms with van der Waals surface area (Å²) in [6.07, 6.45) is 39.4. The van der Waals surface area contributed by atoms with E-state index >= 15 is 0 Å². The van der Waals surface area contributed by atoms with Gasteiger partial charge in [-0.3, -0.25) is 18.6 Å². The lowest BCUT2D eigenvalue weighted by atomic mass is 10.1. The largest absolute Gasteiger partial charge is 0.472 e. The van der Waals surface area contributed by atoms with Crippen molar-refractivity contribution in [2.24, 2.45) is 0 Å². The first-order chi connectivity index (χ1) is 23.8. The topological polar surface area (TPSA) is 108 Å². The summed E-state index contributed by atoms with van der Waals surface area (Å²) in [5.41, 5.74) is 0. The summed E-state index contributed by atoms with van der Waals surface area (Å²) < 4.78 is 31.9. The predicted octanol–water partition coefficient (Wildman–Crippen LogP) is 12.3. The van der Waals surface area contributed by atoms with Crippen molar-refractivity contribution in [1.82, 2.24) is 0 Å². The van der Waals surface area contributed by atoms with E-state index in [0.29, 0.717) is 6.42 Å². The first kappa shape index (κ1) is 47.5. The van der Waals surface area contributed by atoms with Gasteiger partial charge in [0.05, 0.1) is 6.61 Å². The van der Waals surface area contributed by atoms with Gasteiger partial charge < -0.3 is 14.4 Å². The van der Waals surface area contributed by atoms with Crippen molar-refractivity contribution in [2.75, 3.05) is 20.3 Å². The zero-order chi connectivity index (χ0) is 36.1.